The minimum absolute atomic E-state index is 0.184. The van der Waals surface area contributed by atoms with Crippen molar-refractivity contribution in [1.29, 1.82) is 0 Å². The molecule has 2 aliphatic carbocycles. The van der Waals surface area contributed by atoms with Gasteiger partial charge in [-0.15, -0.1) is 0 Å². The molecule has 0 radical (unpaired) electrons. The van der Waals surface area contributed by atoms with E-state index in [0.717, 1.165) is 0 Å². The van der Waals surface area contributed by atoms with Crippen molar-refractivity contribution in [3.63, 3.8) is 0 Å². The standard InChI is InChI=1S/C23H26F3N/c1-16-14-22(16,2)20-12-5-3-8-17(20)9-7-10-18(15-27)19-11-4-6-13-21(19)23(24,25)26/h3,5,7-8,10-13,15-16H,4,6,9,14,27H2,1-2H3/b10-7-,18-15+. The zero-order chi connectivity index (χ0) is 19.7. The molecule has 4 heteroatoms. The topological polar surface area (TPSA) is 26.0 Å². The number of rotatable bonds is 5. The van der Waals surface area contributed by atoms with E-state index in [9.17, 15) is 13.2 Å². The van der Waals surface area contributed by atoms with Gasteiger partial charge in [0.1, 0.15) is 0 Å². The van der Waals surface area contributed by atoms with E-state index in [0.29, 0.717) is 30.8 Å². The van der Waals surface area contributed by atoms with Crippen LogP contribution in [0.3, 0.4) is 0 Å². The van der Waals surface area contributed by atoms with E-state index in [1.165, 1.54) is 29.8 Å². The SMILES string of the molecule is CC1CC1(C)c1ccccc1C/C=C\C(=C/N)C1=CCCC=C1C(F)(F)F. The summed E-state index contributed by atoms with van der Waals surface area (Å²) in [6, 6.07) is 8.33. The molecule has 2 aliphatic rings. The highest BCUT2D eigenvalue weighted by molar-refractivity contribution is 5.54. The Kier molecular flexibility index (Phi) is 5.36. The second-order valence-electron chi connectivity index (χ2n) is 7.72. The second kappa shape index (κ2) is 7.41. The Morgan fingerprint density at radius 1 is 1.22 bits per heavy atom. The predicted molar refractivity (Wildman–Crippen MR) is 104 cm³/mol. The van der Waals surface area contributed by atoms with Gasteiger partial charge in [0.15, 0.2) is 0 Å². The number of hydrogen-bond donors (Lipinski definition) is 1. The van der Waals surface area contributed by atoms with Crippen LogP contribution in [0.5, 0.6) is 0 Å². The third kappa shape index (κ3) is 4.05. The Morgan fingerprint density at radius 2 is 1.89 bits per heavy atom. The summed E-state index contributed by atoms with van der Waals surface area (Å²) >= 11 is 0. The van der Waals surface area contributed by atoms with Crippen molar-refractivity contribution in [3.8, 4) is 0 Å². The van der Waals surface area contributed by atoms with Crippen LogP contribution >= 0.6 is 0 Å². The number of alkyl halides is 3. The number of allylic oxidation sites excluding steroid dienone is 7. The molecule has 144 valence electrons. The van der Waals surface area contributed by atoms with Gasteiger partial charge >= 0.3 is 6.18 Å². The van der Waals surface area contributed by atoms with Gasteiger partial charge in [0.05, 0.1) is 5.57 Å². The van der Waals surface area contributed by atoms with E-state index in [4.69, 9.17) is 5.73 Å². The lowest BCUT2D eigenvalue weighted by molar-refractivity contribution is -0.0895. The van der Waals surface area contributed by atoms with E-state index in [1.807, 2.05) is 12.1 Å². The minimum Gasteiger partial charge on any atom is -0.404 e. The van der Waals surface area contributed by atoms with Gasteiger partial charge < -0.3 is 5.73 Å². The van der Waals surface area contributed by atoms with Gasteiger partial charge in [-0.25, -0.2) is 0 Å². The summed E-state index contributed by atoms with van der Waals surface area (Å²) in [5.74, 6) is 0.661. The number of halogens is 3. The molecule has 0 spiro atoms. The van der Waals surface area contributed by atoms with Crippen LogP contribution in [-0.2, 0) is 11.8 Å². The first-order chi connectivity index (χ1) is 12.8. The Balaban J connectivity index is 1.79. The summed E-state index contributed by atoms with van der Waals surface area (Å²) < 4.78 is 39.9. The molecule has 1 nitrogen and oxygen atoms in total. The summed E-state index contributed by atoms with van der Waals surface area (Å²) in [6.45, 7) is 4.53. The highest BCUT2D eigenvalue weighted by Gasteiger charge is 2.48. The first-order valence-electron chi connectivity index (χ1n) is 9.42. The molecule has 2 unspecified atom stereocenters. The fourth-order valence-electron chi connectivity index (χ4n) is 3.97. The lowest BCUT2D eigenvalue weighted by Gasteiger charge is -2.19. The van der Waals surface area contributed by atoms with Crippen LogP contribution in [0.2, 0.25) is 0 Å². The molecular weight excluding hydrogens is 347 g/mol. The van der Waals surface area contributed by atoms with Gasteiger partial charge in [-0.05, 0) is 59.3 Å². The summed E-state index contributed by atoms with van der Waals surface area (Å²) in [6.07, 6.45) is 6.28. The van der Waals surface area contributed by atoms with E-state index < -0.39 is 11.7 Å². The van der Waals surface area contributed by atoms with Crippen molar-refractivity contribution >= 4 is 0 Å². The van der Waals surface area contributed by atoms with Crippen LogP contribution in [0.25, 0.3) is 0 Å². The summed E-state index contributed by atoms with van der Waals surface area (Å²) in [5.41, 5.74) is 8.46. The van der Waals surface area contributed by atoms with Gasteiger partial charge in [0.2, 0.25) is 0 Å². The largest absolute Gasteiger partial charge is 0.416 e. The van der Waals surface area contributed by atoms with Gasteiger partial charge in [0, 0.05) is 6.20 Å². The quantitative estimate of drug-likeness (QED) is 0.617. The van der Waals surface area contributed by atoms with Gasteiger partial charge in [-0.3, -0.25) is 0 Å². The summed E-state index contributed by atoms with van der Waals surface area (Å²) in [7, 11) is 0. The van der Waals surface area contributed by atoms with Crippen molar-refractivity contribution < 1.29 is 13.2 Å². The van der Waals surface area contributed by atoms with Crippen molar-refractivity contribution in [1.82, 2.24) is 0 Å². The fourth-order valence-corrected chi connectivity index (χ4v) is 3.97. The lowest BCUT2D eigenvalue weighted by Crippen LogP contribution is -2.17. The fraction of sp³-hybridized carbons (Fsp3) is 0.391. The van der Waals surface area contributed by atoms with Crippen molar-refractivity contribution in [2.24, 2.45) is 11.7 Å². The molecule has 2 N–H and O–H groups in total. The molecule has 0 amide bonds. The summed E-state index contributed by atoms with van der Waals surface area (Å²) in [5, 5.41) is 0. The average Bonchev–Trinajstić information content (AvgIpc) is 3.26. The Bertz CT molecular complexity index is 826. The zero-order valence-electron chi connectivity index (χ0n) is 15.8. The highest BCUT2D eigenvalue weighted by atomic mass is 19.4. The monoisotopic (exact) mass is 373 g/mol. The second-order valence-corrected chi connectivity index (χ2v) is 7.72. The lowest BCUT2D eigenvalue weighted by atomic mass is 9.89. The van der Waals surface area contributed by atoms with Gasteiger partial charge in [-0.1, -0.05) is 62.4 Å². The maximum atomic E-state index is 13.3. The molecule has 1 aromatic carbocycles. The van der Waals surface area contributed by atoms with Crippen LogP contribution in [0, 0.1) is 5.92 Å². The minimum atomic E-state index is -4.36. The van der Waals surface area contributed by atoms with Crippen LogP contribution in [0.4, 0.5) is 13.2 Å². The average molecular weight is 373 g/mol. The molecule has 0 aromatic heterocycles. The van der Waals surface area contributed by atoms with Crippen LogP contribution in [0.1, 0.15) is 44.2 Å². The first kappa shape index (κ1) is 19.5. The number of benzene rings is 1. The Labute approximate surface area is 159 Å². The molecule has 3 rings (SSSR count). The zero-order valence-corrected chi connectivity index (χ0v) is 15.8. The number of hydrogen-bond acceptors (Lipinski definition) is 1. The molecule has 1 fully saturated rings. The van der Waals surface area contributed by atoms with Crippen LogP contribution in [0.15, 0.2) is 71.5 Å². The van der Waals surface area contributed by atoms with Crippen molar-refractivity contribution in [2.75, 3.05) is 0 Å². The maximum Gasteiger partial charge on any atom is 0.416 e. The molecule has 1 saturated carbocycles. The van der Waals surface area contributed by atoms with Crippen molar-refractivity contribution in [3.05, 3.63) is 82.6 Å². The predicted octanol–water partition coefficient (Wildman–Crippen LogP) is 6.13. The van der Waals surface area contributed by atoms with E-state index in [2.05, 4.69) is 32.0 Å². The molecule has 2 atom stereocenters. The smallest absolute Gasteiger partial charge is 0.404 e. The molecule has 0 heterocycles. The first-order valence-corrected chi connectivity index (χ1v) is 9.42. The molecule has 1 aromatic rings. The van der Waals surface area contributed by atoms with E-state index in [1.54, 1.807) is 12.2 Å². The molecular formula is C23H26F3N. The van der Waals surface area contributed by atoms with Crippen LogP contribution < -0.4 is 5.73 Å². The molecule has 0 bridgehead atoms. The molecule has 0 aliphatic heterocycles. The van der Waals surface area contributed by atoms with Crippen molar-refractivity contribution in [2.45, 2.75) is 51.1 Å². The Hall–Kier alpha value is -2.23. The van der Waals surface area contributed by atoms with Gasteiger partial charge in [0.25, 0.3) is 0 Å². The third-order valence-corrected chi connectivity index (χ3v) is 5.88. The molecule has 0 saturated heterocycles. The van der Waals surface area contributed by atoms with E-state index in [-0.39, 0.29) is 11.0 Å². The maximum absolute atomic E-state index is 13.3. The Morgan fingerprint density at radius 3 is 2.52 bits per heavy atom. The number of nitrogens with two attached hydrogens (primary N) is 1. The summed E-state index contributed by atoms with van der Waals surface area (Å²) in [4.78, 5) is 0. The van der Waals surface area contributed by atoms with Gasteiger partial charge in [-0.2, -0.15) is 13.2 Å². The molecule has 27 heavy (non-hydrogen) atoms. The van der Waals surface area contributed by atoms with Crippen LogP contribution in [-0.4, -0.2) is 6.18 Å². The van der Waals surface area contributed by atoms with E-state index >= 15 is 0 Å². The normalized spacial score (nSPS) is 26.1. The highest BCUT2D eigenvalue weighted by Crippen LogP contribution is 2.54. The third-order valence-electron chi connectivity index (χ3n) is 5.88.